The second-order valence-corrected chi connectivity index (χ2v) is 5.90. The number of hydrogen-bond donors (Lipinski definition) is 3. The van der Waals surface area contributed by atoms with Gasteiger partial charge in [-0.25, -0.2) is 0 Å². The van der Waals surface area contributed by atoms with E-state index < -0.39 is 5.91 Å². The van der Waals surface area contributed by atoms with Crippen molar-refractivity contribution in [1.82, 2.24) is 10.6 Å². The second kappa shape index (κ2) is 8.74. The number of rotatable bonds is 7. The zero-order valence-corrected chi connectivity index (χ0v) is 14.6. The van der Waals surface area contributed by atoms with E-state index in [0.29, 0.717) is 18.0 Å². The van der Waals surface area contributed by atoms with E-state index in [-0.39, 0.29) is 25.5 Å². The minimum Gasteiger partial charge on any atom is -0.454 e. The molecule has 0 spiro atoms. The molecule has 7 nitrogen and oxygen atoms in total. The first-order chi connectivity index (χ1) is 13.2. The first-order valence-corrected chi connectivity index (χ1v) is 8.38. The van der Waals surface area contributed by atoms with Gasteiger partial charge < -0.3 is 25.2 Å². The average Bonchev–Trinajstić information content (AvgIpc) is 3.17. The smallest absolute Gasteiger partial charge is 0.263 e. The molecule has 1 amide bonds. The Balaban J connectivity index is 1.52. The third-order valence-electron chi connectivity index (χ3n) is 4.01. The van der Waals surface area contributed by atoms with Crippen molar-refractivity contribution >= 4 is 5.91 Å². The van der Waals surface area contributed by atoms with E-state index in [1.54, 1.807) is 12.1 Å². The van der Waals surface area contributed by atoms with Gasteiger partial charge in [-0.3, -0.25) is 4.79 Å². The highest BCUT2D eigenvalue weighted by atomic mass is 16.7. The molecule has 1 aliphatic heterocycles. The molecule has 3 N–H and O–H groups in total. The van der Waals surface area contributed by atoms with Crippen molar-refractivity contribution in [1.29, 1.82) is 5.26 Å². The summed E-state index contributed by atoms with van der Waals surface area (Å²) >= 11 is 0. The summed E-state index contributed by atoms with van der Waals surface area (Å²) in [6.07, 6.45) is 1.40. The highest BCUT2D eigenvalue weighted by Gasteiger charge is 2.14. The SMILES string of the molecule is N#C/C(=C/NCc1ccc(CO)cc1)C(=O)NCc1ccc2c(c1)OCO2. The molecule has 138 valence electrons. The van der Waals surface area contributed by atoms with Gasteiger partial charge in [0.25, 0.3) is 5.91 Å². The van der Waals surface area contributed by atoms with Crippen LogP contribution in [0, 0.1) is 11.3 Å². The zero-order valence-electron chi connectivity index (χ0n) is 14.6. The molecule has 27 heavy (non-hydrogen) atoms. The van der Waals surface area contributed by atoms with Crippen LogP contribution in [0.3, 0.4) is 0 Å². The molecule has 0 saturated heterocycles. The van der Waals surface area contributed by atoms with Crippen LogP contribution >= 0.6 is 0 Å². The van der Waals surface area contributed by atoms with Crippen LogP contribution in [0.4, 0.5) is 0 Å². The van der Waals surface area contributed by atoms with E-state index in [1.807, 2.05) is 36.4 Å². The number of aliphatic hydroxyl groups is 1. The van der Waals surface area contributed by atoms with Gasteiger partial charge in [-0.05, 0) is 28.8 Å². The Labute approximate surface area is 156 Å². The quantitative estimate of drug-likeness (QED) is 0.510. The van der Waals surface area contributed by atoms with Crippen molar-refractivity contribution in [2.24, 2.45) is 0 Å². The van der Waals surface area contributed by atoms with Gasteiger partial charge >= 0.3 is 0 Å². The monoisotopic (exact) mass is 365 g/mol. The van der Waals surface area contributed by atoms with E-state index in [2.05, 4.69) is 10.6 Å². The zero-order chi connectivity index (χ0) is 19.1. The molecular formula is C20H19N3O4. The number of carbonyl (C=O) groups excluding carboxylic acids is 1. The molecule has 0 bridgehead atoms. The van der Waals surface area contributed by atoms with E-state index in [0.717, 1.165) is 16.7 Å². The maximum absolute atomic E-state index is 12.2. The van der Waals surface area contributed by atoms with E-state index in [1.165, 1.54) is 6.20 Å². The maximum Gasteiger partial charge on any atom is 0.263 e. The Morgan fingerprint density at radius 3 is 2.52 bits per heavy atom. The van der Waals surface area contributed by atoms with Crippen molar-refractivity contribution in [3.8, 4) is 17.6 Å². The summed E-state index contributed by atoms with van der Waals surface area (Å²) in [7, 11) is 0. The molecule has 0 aliphatic carbocycles. The molecule has 0 radical (unpaired) electrons. The second-order valence-electron chi connectivity index (χ2n) is 5.90. The normalized spacial score (nSPS) is 12.4. The number of nitrogens with zero attached hydrogens (tertiary/aromatic N) is 1. The van der Waals surface area contributed by atoms with E-state index in [4.69, 9.17) is 14.6 Å². The fourth-order valence-electron chi connectivity index (χ4n) is 2.51. The maximum atomic E-state index is 12.2. The van der Waals surface area contributed by atoms with Crippen LogP contribution < -0.4 is 20.1 Å². The lowest BCUT2D eigenvalue weighted by Crippen LogP contribution is -2.25. The summed E-state index contributed by atoms with van der Waals surface area (Å²) in [5.41, 5.74) is 2.64. The Morgan fingerprint density at radius 1 is 1.07 bits per heavy atom. The van der Waals surface area contributed by atoms with Crippen molar-refractivity contribution in [3.05, 3.63) is 70.9 Å². The number of aliphatic hydroxyl groups excluding tert-OH is 1. The third kappa shape index (κ3) is 4.77. The van der Waals surface area contributed by atoms with Crippen LogP contribution in [0.15, 0.2) is 54.2 Å². The summed E-state index contributed by atoms with van der Waals surface area (Å²) < 4.78 is 10.5. The van der Waals surface area contributed by atoms with E-state index in [9.17, 15) is 10.1 Å². The molecule has 0 aromatic heterocycles. The summed E-state index contributed by atoms with van der Waals surface area (Å²) in [6.45, 7) is 0.931. The topological polar surface area (TPSA) is 104 Å². The van der Waals surface area contributed by atoms with Crippen molar-refractivity contribution in [2.45, 2.75) is 19.7 Å². The lowest BCUT2D eigenvalue weighted by atomic mass is 10.1. The molecule has 1 heterocycles. The fraction of sp³-hybridized carbons (Fsp3) is 0.200. The van der Waals surface area contributed by atoms with Gasteiger partial charge in [-0.15, -0.1) is 0 Å². The molecule has 3 rings (SSSR count). The van der Waals surface area contributed by atoms with Crippen molar-refractivity contribution in [2.75, 3.05) is 6.79 Å². The van der Waals surface area contributed by atoms with Crippen LogP contribution in [0.5, 0.6) is 11.5 Å². The van der Waals surface area contributed by atoms with Gasteiger partial charge in [-0.2, -0.15) is 5.26 Å². The van der Waals surface area contributed by atoms with Crippen LogP contribution in [-0.2, 0) is 24.5 Å². The van der Waals surface area contributed by atoms with Gasteiger partial charge in [0, 0.05) is 19.3 Å². The first-order valence-electron chi connectivity index (χ1n) is 8.38. The first kappa shape index (κ1) is 18.3. The van der Waals surface area contributed by atoms with Gasteiger partial charge in [0.2, 0.25) is 6.79 Å². The molecule has 0 atom stereocenters. The molecule has 2 aromatic carbocycles. The highest BCUT2D eigenvalue weighted by Crippen LogP contribution is 2.32. The summed E-state index contributed by atoms with van der Waals surface area (Å²) in [5, 5.41) is 23.9. The average molecular weight is 365 g/mol. The van der Waals surface area contributed by atoms with Gasteiger partial charge in [-0.1, -0.05) is 30.3 Å². The van der Waals surface area contributed by atoms with Crippen LogP contribution in [-0.4, -0.2) is 17.8 Å². The Hall–Kier alpha value is -3.50. The van der Waals surface area contributed by atoms with Gasteiger partial charge in [0.1, 0.15) is 11.6 Å². The number of nitriles is 1. The van der Waals surface area contributed by atoms with Crippen molar-refractivity contribution < 1.29 is 19.4 Å². The summed E-state index contributed by atoms with van der Waals surface area (Å²) in [5.74, 6) is 0.865. The predicted molar refractivity (Wildman–Crippen MR) is 97.3 cm³/mol. The molecule has 0 fully saturated rings. The Morgan fingerprint density at radius 2 is 1.78 bits per heavy atom. The standard InChI is InChI=1S/C20H19N3O4/c21-8-17(11-22-9-14-1-3-15(12-24)4-2-14)20(25)23-10-16-5-6-18-19(7-16)27-13-26-18/h1-7,11,22,24H,9-10,12-13H2,(H,23,25)/b17-11-. The summed E-state index contributed by atoms with van der Waals surface area (Å²) in [4.78, 5) is 12.2. The fourth-order valence-corrected chi connectivity index (χ4v) is 2.51. The number of amides is 1. The number of ether oxygens (including phenoxy) is 2. The molecule has 7 heteroatoms. The number of nitrogens with one attached hydrogen (secondary N) is 2. The Kier molecular flexibility index (Phi) is 5.92. The van der Waals surface area contributed by atoms with Crippen LogP contribution in [0.1, 0.15) is 16.7 Å². The number of fused-ring (bicyclic) bond motifs is 1. The minimum atomic E-state index is -0.460. The van der Waals surface area contributed by atoms with Crippen molar-refractivity contribution in [3.63, 3.8) is 0 Å². The minimum absolute atomic E-state index is 0.00423. The largest absolute Gasteiger partial charge is 0.454 e. The molecular weight excluding hydrogens is 346 g/mol. The number of benzene rings is 2. The van der Waals surface area contributed by atoms with Gasteiger partial charge in [0.15, 0.2) is 11.5 Å². The Bertz CT molecular complexity index is 885. The van der Waals surface area contributed by atoms with Crippen LogP contribution in [0.2, 0.25) is 0 Å². The number of carbonyl (C=O) groups is 1. The number of hydrogen-bond acceptors (Lipinski definition) is 6. The lowest BCUT2D eigenvalue weighted by molar-refractivity contribution is -0.117. The highest BCUT2D eigenvalue weighted by molar-refractivity contribution is 5.97. The lowest BCUT2D eigenvalue weighted by Gasteiger charge is -2.07. The molecule has 0 saturated carbocycles. The summed E-state index contributed by atoms with van der Waals surface area (Å²) in [6, 6.07) is 14.7. The third-order valence-corrected chi connectivity index (χ3v) is 4.01. The predicted octanol–water partition coefficient (Wildman–Crippen LogP) is 1.72. The molecule has 2 aromatic rings. The van der Waals surface area contributed by atoms with Gasteiger partial charge in [0.05, 0.1) is 6.61 Å². The molecule has 0 unspecified atom stereocenters. The van der Waals surface area contributed by atoms with Crippen LogP contribution in [0.25, 0.3) is 0 Å². The van der Waals surface area contributed by atoms with E-state index >= 15 is 0 Å². The molecule has 1 aliphatic rings.